The summed E-state index contributed by atoms with van der Waals surface area (Å²) in [5.74, 6) is -1.04. The van der Waals surface area contributed by atoms with E-state index in [1.165, 1.54) is 18.2 Å². The number of nitrogens with two attached hydrogens (primary N) is 1. The first-order valence-corrected chi connectivity index (χ1v) is 4.62. The van der Waals surface area contributed by atoms with Crippen LogP contribution < -0.4 is 5.73 Å². The van der Waals surface area contributed by atoms with Gasteiger partial charge in [-0.25, -0.2) is 0 Å². The highest BCUT2D eigenvalue weighted by Gasteiger charge is 2.15. The summed E-state index contributed by atoms with van der Waals surface area (Å²) >= 11 is 10.8. The molecule has 3 nitrogen and oxygen atoms in total. The van der Waals surface area contributed by atoms with E-state index in [-0.39, 0.29) is 11.1 Å². The van der Waals surface area contributed by atoms with Crippen LogP contribution in [0.1, 0.15) is 20.7 Å². The lowest BCUT2D eigenvalue weighted by Gasteiger charge is -2.02. The van der Waals surface area contributed by atoms with Crippen LogP contribution in [0.5, 0.6) is 0 Å². The number of carbonyl (C=O) groups is 2. The minimum Gasteiger partial charge on any atom is -0.366 e. The van der Waals surface area contributed by atoms with Crippen molar-refractivity contribution >= 4 is 34.9 Å². The average Bonchev–Trinajstić information content (AvgIpc) is 2.16. The smallest absolute Gasteiger partial charge is 0.248 e. The maximum Gasteiger partial charge on any atom is 0.248 e. The summed E-state index contributed by atoms with van der Waals surface area (Å²) in [4.78, 5) is 21.0. The molecule has 0 aliphatic rings. The zero-order chi connectivity index (χ0) is 10.7. The molecular formula is C9H7Cl2NO2. The fourth-order valence-electron chi connectivity index (χ4n) is 0.952. The number of ketones is 1. The van der Waals surface area contributed by atoms with Crippen LogP contribution in [-0.4, -0.2) is 16.5 Å². The third kappa shape index (κ3) is 2.47. The number of amides is 1. The predicted molar refractivity (Wildman–Crippen MR) is 54.8 cm³/mol. The first kappa shape index (κ1) is 11.0. The number of hydrogen-bond donors (Lipinski definition) is 1. The highest BCUT2D eigenvalue weighted by molar-refractivity contribution is 6.55. The van der Waals surface area contributed by atoms with Crippen molar-refractivity contribution in [3.63, 3.8) is 0 Å². The van der Waals surface area contributed by atoms with Gasteiger partial charge in [-0.2, -0.15) is 0 Å². The Morgan fingerprint density at radius 2 is 1.79 bits per heavy atom. The van der Waals surface area contributed by atoms with Crippen molar-refractivity contribution in [1.29, 1.82) is 0 Å². The Morgan fingerprint density at radius 1 is 1.21 bits per heavy atom. The van der Waals surface area contributed by atoms with Gasteiger partial charge in [-0.15, -0.1) is 0 Å². The van der Waals surface area contributed by atoms with Gasteiger partial charge < -0.3 is 5.73 Å². The molecule has 0 aliphatic heterocycles. The summed E-state index contributed by atoms with van der Waals surface area (Å²) in [5.41, 5.74) is 5.57. The molecule has 0 unspecified atom stereocenters. The molecule has 5 heteroatoms. The highest BCUT2D eigenvalue weighted by atomic mass is 35.5. The Labute approximate surface area is 90.8 Å². The van der Waals surface area contributed by atoms with Crippen LogP contribution in [0.2, 0.25) is 0 Å². The van der Waals surface area contributed by atoms with Crippen molar-refractivity contribution in [3.05, 3.63) is 35.4 Å². The lowest BCUT2D eigenvalue weighted by atomic mass is 10.1. The lowest BCUT2D eigenvalue weighted by molar-refractivity contribution is 0.1000. The fraction of sp³-hybridized carbons (Fsp3) is 0.111. The summed E-state index contributed by atoms with van der Waals surface area (Å²) in [6.45, 7) is 0. The number of carbonyl (C=O) groups excluding carboxylic acids is 2. The van der Waals surface area contributed by atoms with E-state index >= 15 is 0 Å². The second kappa shape index (κ2) is 4.44. The Balaban J connectivity index is 3.06. The van der Waals surface area contributed by atoms with E-state index in [0.29, 0.717) is 0 Å². The Hall–Kier alpha value is -1.06. The third-order valence-electron chi connectivity index (χ3n) is 1.63. The summed E-state index contributed by atoms with van der Waals surface area (Å²) < 4.78 is 0. The number of alkyl halides is 2. The topological polar surface area (TPSA) is 60.2 Å². The van der Waals surface area contributed by atoms with Crippen LogP contribution in [0.3, 0.4) is 0 Å². The molecule has 0 heterocycles. The second-order valence-corrected chi connectivity index (χ2v) is 3.71. The monoisotopic (exact) mass is 231 g/mol. The molecule has 1 amide bonds. The van der Waals surface area contributed by atoms with Crippen molar-refractivity contribution in [1.82, 2.24) is 0 Å². The molecule has 1 rings (SSSR count). The Kier molecular flexibility index (Phi) is 3.49. The van der Waals surface area contributed by atoms with Crippen LogP contribution >= 0.6 is 23.2 Å². The molecule has 0 bridgehead atoms. The summed E-state index contributed by atoms with van der Waals surface area (Å²) in [5, 5.41) is 0. The number of primary amides is 1. The molecule has 0 aliphatic carbocycles. The average molecular weight is 232 g/mol. The quantitative estimate of drug-likeness (QED) is 0.637. The first-order chi connectivity index (χ1) is 6.52. The van der Waals surface area contributed by atoms with Gasteiger partial charge in [-0.1, -0.05) is 35.3 Å². The van der Waals surface area contributed by atoms with E-state index in [4.69, 9.17) is 28.9 Å². The van der Waals surface area contributed by atoms with Gasteiger partial charge in [0.1, 0.15) is 0 Å². The third-order valence-corrected chi connectivity index (χ3v) is 2.03. The van der Waals surface area contributed by atoms with Gasteiger partial charge in [0.2, 0.25) is 5.91 Å². The maximum atomic E-state index is 11.3. The summed E-state index contributed by atoms with van der Waals surface area (Å²) in [7, 11) is 0. The van der Waals surface area contributed by atoms with Gasteiger partial charge in [-0.05, 0) is 12.1 Å². The molecule has 0 aromatic heterocycles. The number of Topliss-reactive ketones (excluding diaryl/α,β-unsaturated/α-hetero) is 1. The Bertz CT molecular complexity index is 377. The molecule has 0 saturated heterocycles. The van der Waals surface area contributed by atoms with Gasteiger partial charge in [0, 0.05) is 11.1 Å². The van der Waals surface area contributed by atoms with Crippen molar-refractivity contribution in [2.45, 2.75) is 4.84 Å². The molecule has 0 atom stereocenters. The lowest BCUT2D eigenvalue weighted by Crippen LogP contribution is -2.13. The molecule has 2 N–H and O–H groups in total. The molecule has 0 spiro atoms. The van der Waals surface area contributed by atoms with Crippen LogP contribution in [0.15, 0.2) is 24.3 Å². The van der Waals surface area contributed by atoms with E-state index in [9.17, 15) is 9.59 Å². The van der Waals surface area contributed by atoms with E-state index in [2.05, 4.69) is 0 Å². The number of benzene rings is 1. The highest BCUT2D eigenvalue weighted by Crippen LogP contribution is 2.13. The van der Waals surface area contributed by atoms with Gasteiger partial charge in [0.15, 0.2) is 10.6 Å². The summed E-state index contributed by atoms with van der Waals surface area (Å²) in [6.07, 6.45) is 0. The van der Waals surface area contributed by atoms with Crippen LogP contribution in [0, 0.1) is 0 Å². The fourth-order valence-corrected chi connectivity index (χ4v) is 1.20. The van der Waals surface area contributed by atoms with Crippen LogP contribution in [0.25, 0.3) is 0 Å². The van der Waals surface area contributed by atoms with Gasteiger partial charge in [0.25, 0.3) is 0 Å². The normalized spacial score (nSPS) is 10.2. The maximum absolute atomic E-state index is 11.3. The molecule has 0 saturated carbocycles. The standard InChI is InChI=1S/C9H7Cl2NO2/c10-8(11)7(13)5-2-1-3-6(4-5)9(12)14/h1-4,8H,(H2,12,14). The van der Waals surface area contributed by atoms with Crippen LogP contribution in [0.4, 0.5) is 0 Å². The molecule has 0 fully saturated rings. The van der Waals surface area contributed by atoms with Crippen molar-refractivity contribution < 1.29 is 9.59 Å². The zero-order valence-corrected chi connectivity index (χ0v) is 8.55. The first-order valence-electron chi connectivity index (χ1n) is 3.74. The zero-order valence-electron chi connectivity index (χ0n) is 7.04. The minimum atomic E-state index is -1.13. The van der Waals surface area contributed by atoms with Gasteiger partial charge in [-0.3, -0.25) is 9.59 Å². The van der Waals surface area contributed by atoms with Gasteiger partial charge >= 0.3 is 0 Å². The number of rotatable bonds is 3. The molecule has 1 aromatic rings. The van der Waals surface area contributed by atoms with Crippen molar-refractivity contribution in [2.75, 3.05) is 0 Å². The molecule has 0 radical (unpaired) electrons. The predicted octanol–water partition coefficient (Wildman–Crippen LogP) is 1.77. The van der Waals surface area contributed by atoms with E-state index in [1.807, 2.05) is 0 Å². The van der Waals surface area contributed by atoms with E-state index in [0.717, 1.165) is 0 Å². The molecule has 14 heavy (non-hydrogen) atoms. The molecular weight excluding hydrogens is 225 g/mol. The van der Waals surface area contributed by atoms with E-state index in [1.54, 1.807) is 6.07 Å². The minimum absolute atomic E-state index is 0.254. The largest absolute Gasteiger partial charge is 0.366 e. The van der Waals surface area contributed by atoms with Crippen LogP contribution in [-0.2, 0) is 0 Å². The second-order valence-electron chi connectivity index (χ2n) is 2.61. The summed E-state index contributed by atoms with van der Waals surface area (Å²) in [6, 6.07) is 5.94. The molecule has 1 aromatic carbocycles. The Morgan fingerprint density at radius 3 is 2.29 bits per heavy atom. The SMILES string of the molecule is NC(=O)c1cccc(C(=O)C(Cl)Cl)c1. The van der Waals surface area contributed by atoms with Gasteiger partial charge in [0.05, 0.1) is 0 Å². The number of halogens is 2. The van der Waals surface area contributed by atoms with E-state index < -0.39 is 16.5 Å². The van der Waals surface area contributed by atoms with Crippen molar-refractivity contribution in [2.24, 2.45) is 5.73 Å². The number of hydrogen-bond acceptors (Lipinski definition) is 2. The molecule has 74 valence electrons. The van der Waals surface area contributed by atoms with Crippen molar-refractivity contribution in [3.8, 4) is 0 Å².